The fraction of sp³-hybridized carbons (Fsp3) is 0.500. The van der Waals surface area contributed by atoms with Gasteiger partial charge in [-0.25, -0.2) is 4.68 Å². The SMILES string of the molecule is Cc1ccc(-n2nc(C)c(CC(=O)NCC(CO)C(C)C)c2C)cc1Cl. The molecule has 2 N–H and O–H groups in total. The quantitative estimate of drug-likeness (QED) is 0.777. The fourth-order valence-electron chi connectivity index (χ4n) is 2.87. The van der Waals surface area contributed by atoms with Gasteiger partial charge in [-0.3, -0.25) is 4.79 Å². The molecule has 1 aromatic heterocycles. The molecule has 0 spiro atoms. The van der Waals surface area contributed by atoms with Gasteiger partial charge < -0.3 is 10.4 Å². The molecule has 5 nitrogen and oxygen atoms in total. The van der Waals surface area contributed by atoms with Crippen LogP contribution in [0.4, 0.5) is 0 Å². The minimum absolute atomic E-state index is 0.0585. The van der Waals surface area contributed by atoms with E-state index in [1.165, 1.54) is 0 Å². The highest BCUT2D eigenvalue weighted by molar-refractivity contribution is 6.31. The lowest BCUT2D eigenvalue weighted by Crippen LogP contribution is -2.34. The molecule has 142 valence electrons. The predicted molar refractivity (Wildman–Crippen MR) is 105 cm³/mol. The van der Waals surface area contributed by atoms with Crippen LogP contribution in [0.2, 0.25) is 5.02 Å². The molecule has 1 heterocycles. The lowest BCUT2D eigenvalue weighted by atomic mass is 9.97. The topological polar surface area (TPSA) is 67.2 Å². The molecule has 0 fully saturated rings. The number of hydrogen-bond donors (Lipinski definition) is 2. The Morgan fingerprint density at radius 2 is 2.00 bits per heavy atom. The number of aliphatic hydroxyl groups excluding tert-OH is 1. The lowest BCUT2D eigenvalue weighted by Gasteiger charge is -2.18. The number of aliphatic hydroxyl groups is 1. The summed E-state index contributed by atoms with van der Waals surface area (Å²) in [7, 11) is 0. The third kappa shape index (κ3) is 4.65. The number of hydrogen-bond acceptors (Lipinski definition) is 3. The first-order valence-electron chi connectivity index (χ1n) is 8.93. The minimum Gasteiger partial charge on any atom is -0.396 e. The molecule has 0 aliphatic heterocycles. The molecule has 2 rings (SSSR count). The number of nitrogens with zero attached hydrogens (tertiary/aromatic N) is 2. The molecule has 1 atom stereocenters. The van der Waals surface area contributed by atoms with Crippen LogP contribution in [0.15, 0.2) is 18.2 Å². The van der Waals surface area contributed by atoms with Crippen molar-refractivity contribution in [3.63, 3.8) is 0 Å². The number of amides is 1. The summed E-state index contributed by atoms with van der Waals surface area (Å²) in [6.45, 7) is 10.5. The Morgan fingerprint density at radius 3 is 2.58 bits per heavy atom. The second kappa shape index (κ2) is 8.69. The molecular formula is C20H28ClN3O2. The number of rotatable bonds is 7. The van der Waals surface area contributed by atoms with E-state index >= 15 is 0 Å². The second-order valence-electron chi connectivity index (χ2n) is 7.16. The first kappa shape index (κ1) is 20.5. The van der Waals surface area contributed by atoms with Crippen molar-refractivity contribution in [3.8, 4) is 5.69 Å². The van der Waals surface area contributed by atoms with E-state index in [2.05, 4.69) is 10.4 Å². The van der Waals surface area contributed by atoms with Crippen molar-refractivity contribution in [2.75, 3.05) is 13.2 Å². The summed E-state index contributed by atoms with van der Waals surface area (Å²) >= 11 is 6.23. The molecule has 0 aliphatic carbocycles. The van der Waals surface area contributed by atoms with Crippen LogP contribution in [0.3, 0.4) is 0 Å². The van der Waals surface area contributed by atoms with Crippen LogP contribution < -0.4 is 5.32 Å². The van der Waals surface area contributed by atoms with E-state index in [0.717, 1.165) is 28.2 Å². The van der Waals surface area contributed by atoms with E-state index in [1.54, 1.807) is 0 Å². The third-order valence-electron chi connectivity index (χ3n) is 4.92. The summed E-state index contributed by atoms with van der Waals surface area (Å²) in [4.78, 5) is 12.4. The van der Waals surface area contributed by atoms with Crippen LogP contribution in [-0.4, -0.2) is 33.9 Å². The summed E-state index contributed by atoms with van der Waals surface area (Å²) in [5.41, 5.74) is 4.58. The van der Waals surface area contributed by atoms with Crippen LogP contribution in [0.5, 0.6) is 0 Å². The van der Waals surface area contributed by atoms with Crippen molar-refractivity contribution >= 4 is 17.5 Å². The summed E-state index contributed by atoms with van der Waals surface area (Å²) in [5.74, 6) is 0.327. The Morgan fingerprint density at radius 1 is 1.31 bits per heavy atom. The molecule has 1 aromatic carbocycles. The van der Waals surface area contributed by atoms with Gasteiger partial charge >= 0.3 is 0 Å². The molecule has 0 bridgehead atoms. The van der Waals surface area contributed by atoms with Crippen LogP contribution in [0.25, 0.3) is 5.69 Å². The van der Waals surface area contributed by atoms with Crippen molar-refractivity contribution in [1.29, 1.82) is 0 Å². The van der Waals surface area contributed by atoms with Crippen LogP contribution in [-0.2, 0) is 11.2 Å². The van der Waals surface area contributed by atoms with Gasteiger partial charge in [-0.2, -0.15) is 5.10 Å². The van der Waals surface area contributed by atoms with Crippen molar-refractivity contribution in [2.24, 2.45) is 11.8 Å². The predicted octanol–water partition coefficient (Wildman–Crippen LogP) is 3.37. The molecule has 0 saturated carbocycles. The fourth-order valence-corrected chi connectivity index (χ4v) is 3.05. The average molecular weight is 378 g/mol. The highest BCUT2D eigenvalue weighted by atomic mass is 35.5. The highest BCUT2D eigenvalue weighted by Crippen LogP contribution is 2.23. The van der Waals surface area contributed by atoms with Crippen LogP contribution in [0.1, 0.15) is 36.4 Å². The maximum absolute atomic E-state index is 12.4. The van der Waals surface area contributed by atoms with E-state index < -0.39 is 0 Å². The molecule has 1 amide bonds. The molecule has 0 saturated heterocycles. The van der Waals surface area contributed by atoms with Crippen LogP contribution in [0, 0.1) is 32.6 Å². The largest absolute Gasteiger partial charge is 0.396 e. The zero-order valence-electron chi connectivity index (χ0n) is 16.1. The summed E-state index contributed by atoms with van der Waals surface area (Å²) in [6, 6.07) is 5.81. The molecule has 0 aliphatic rings. The molecular weight excluding hydrogens is 350 g/mol. The highest BCUT2D eigenvalue weighted by Gasteiger charge is 2.18. The zero-order chi connectivity index (χ0) is 19.4. The van der Waals surface area contributed by atoms with Gasteiger partial charge in [0.2, 0.25) is 5.91 Å². The molecule has 0 radical (unpaired) electrons. The first-order chi connectivity index (χ1) is 12.2. The summed E-state index contributed by atoms with van der Waals surface area (Å²) in [6.07, 6.45) is 0.271. The van der Waals surface area contributed by atoms with Crippen molar-refractivity contribution in [2.45, 2.75) is 41.0 Å². The molecule has 1 unspecified atom stereocenters. The van der Waals surface area contributed by atoms with Gasteiger partial charge in [-0.05, 0) is 44.4 Å². The number of halogens is 1. The average Bonchev–Trinajstić information content (AvgIpc) is 2.86. The van der Waals surface area contributed by atoms with E-state index in [-0.39, 0.29) is 24.9 Å². The van der Waals surface area contributed by atoms with Gasteiger partial charge in [0.25, 0.3) is 0 Å². The van der Waals surface area contributed by atoms with Gasteiger partial charge in [-0.15, -0.1) is 0 Å². The van der Waals surface area contributed by atoms with Crippen molar-refractivity contribution in [3.05, 3.63) is 45.7 Å². The van der Waals surface area contributed by atoms with Gasteiger partial charge in [0.15, 0.2) is 0 Å². The number of nitrogens with one attached hydrogen (secondary N) is 1. The molecule has 26 heavy (non-hydrogen) atoms. The Hall–Kier alpha value is -1.85. The van der Waals surface area contributed by atoms with E-state index in [1.807, 2.05) is 57.5 Å². The van der Waals surface area contributed by atoms with Gasteiger partial charge in [0.05, 0.1) is 17.8 Å². The second-order valence-corrected chi connectivity index (χ2v) is 7.57. The normalized spacial score (nSPS) is 12.5. The van der Waals surface area contributed by atoms with Crippen molar-refractivity contribution in [1.82, 2.24) is 15.1 Å². The van der Waals surface area contributed by atoms with Crippen LogP contribution >= 0.6 is 11.6 Å². The number of aromatic nitrogens is 2. The number of carbonyl (C=O) groups excluding carboxylic acids is 1. The Kier molecular flexibility index (Phi) is 6.84. The van der Waals surface area contributed by atoms with E-state index in [0.29, 0.717) is 17.5 Å². The standard InChI is InChI=1S/C20H28ClN3O2/c1-12(2)16(11-25)10-22-20(26)9-18-14(4)23-24(15(18)5)17-7-6-13(3)19(21)8-17/h6-8,12,16,25H,9-11H2,1-5H3,(H,22,26). The summed E-state index contributed by atoms with van der Waals surface area (Å²) < 4.78 is 1.83. The van der Waals surface area contributed by atoms with E-state index in [4.69, 9.17) is 11.6 Å². The van der Waals surface area contributed by atoms with Crippen molar-refractivity contribution < 1.29 is 9.90 Å². The van der Waals surface area contributed by atoms with Gasteiger partial charge in [0.1, 0.15) is 0 Å². The van der Waals surface area contributed by atoms with E-state index in [9.17, 15) is 9.90 Å². The lowest BCUT2D eigenvalue weighted by molar-refractivity contribution is -0.120. The number of aryl methyl sites for hydroxylation is 2. The smallest absolute Gasteiger partial charge is 0.224 e. The number of carbonyl (C=O) groups is 1. The Balaban J connectivity index is 2.14. The Bertz CT molecular complexity index is 784. The van der Waals surface area contributed by atoms with Gasteiger partial charge in [0, 0.05) is 35.3 Å². The summed E-state index contributed by atoms with van der Waals surface area (Å²) in [5, 5.41) is 17.6. The monoisotopic (exact) mass is 377 g/mol. The zero-order valence-corrected chi connectivity index (χ0v) is 16.9. The maximum atomic E-state index is 12.4. The minimum atomic E-state index is -0.0585. The molecule has 2 aromatic rings. The molecule has 6 heteroatoms. The number of benzene rings is 1. The van der Waals surface area contributed by atoms with Gasteiger partial charge in [-0.1, -0.05) is 31.5 Å². The Labute approximate surface area is 160 Å². The maximum Gasteiger partial charge on any atom is 0.224 e. The first-order valence-corrected chi connectivity index (χ1v) is 9.31. The third-order valence-corrected chi connectivity index (χ3v) is 5.32.